The summed E-state index contributed by atoms with van der Waals surface area (Å²) in [6.07, 6.45) is 0.705. The molecule has 154 valence electrons. The normalized spacial score (nSPS) is 20.9. The Hall–Kier alpha value is -2.76. The molecule has 0 saturated carbocycles. The lowest BCUT2D eigenvalue weighted by Crippen LogP contribution is -2.61. The summed E-state index contributed by atoms with van der Waals surface area (Å²) in [5.41, 5.74) is 3.33. The maximum atomic E-state index is 13.4. The zero-order valence-corrected chi connectivity index (χ0v) is 17.2. The first-order valence-electron chi connectivity index (χ1n) is 10.2. The van der Waals surface area contributed by atoms with E-state index in [2.05, 4.69) is 27.2 Å². The van der Waals surface area contributed by atoms with Crippen molar-refractivity contribution in [2.75, 3.05) is 36.5 Å². The van der Waals surface area contributed by atoms with E-state index in [1.54, 1.807) is 7.11 Å². The van der Waals surface area contributed by atoms with E-state index in [0.717, 1.165) is 36.8 Å². The Labute approximate surface area is 171 Å². The number of nitrogens with zero attached hydrogens (tertiary/aromatic N) is 2. The van der Waals surface area contributed by atoms with Crippen molar-refractivity contribution in [3.63, 3.8) is 0 Å². The molecule has 6 heteroatoms. The molecule has 0 unspecified atom stereocenters. The smallest absolute Gasteiger partial charge is 0.225 e. The van der Waals surface area contributed by atoms with Crippen LogP contribution in [0.15, 0.2) is 42.5 Å². The molecule has 2 aliphatic rings. The summed E-state index contributed by atoms with van der Waals surface area (Å²) in [7, 11) is 1.67. The van der Waals surface area contributed by atoms with Gasteiger partial charge in [0.05, 0.1) is 19.1 Å². The molecular formula is C23H28FN3O2. The Balaban J connectivity index is 1.67. The van der Waals surface area contributed by atoms with Crippen LogP contribution in [0.4, 0.5) is 15.8 Å². The molecule has 2 aromatic carbocycles. The third-order valence-corrected chi connectivity index (χ3v) is 5.88. The van der Waals surface area contributed by atoms with Crippen LogP contribution in [0.3, 0.4) is 0 Å². The Morgan fingerprint density at radius 3 is 2.62 bits per heavy atom. The molecule has 29 heavy (non-hydrogen) atoms. The van der Waals surface area contributed by atoms with Crippen molar-refractivity contribution in [2.45, 2.75) is 32.4 Å². The number of amides is 1. The summed E-state index contributed by atoms with van der Waals surface area (Å²) < 4.78 is 18.8. The highest BCUT2D eigenvalue weighted by Crippen LogP contribution is 2.39. The molecule has 2 aliphatic heterocycles. The molecule has 0 aliphatic carbocycles. The lowest BCUT2D eigenvalue weighted by molar-refractivity contribution is -0.126. The topological polar surface area (TPSA) is 44.8 Å². The van der Waals surface area contributed by atoms with E-state index in [0.29, 0.717) is 6.42 Å². The first-order valence-corrected chi connectivity index (χ1v) is 10.2. The number of carbonyl (C=O) groups excluding carboxylic acids is 1. The quantitative estimate of drug-likeness (QED) is 0.861. The van der Waals surface area contributed by atoms with Gasteiger partial charge in [-0.2, -0.15) is 0 Å². The Bertz CT molecular complexity index is 884. The fraction of sp³-hybridized carbons (Fsp3) is 0.435. The number of carbonyl (C=O) groups is 1. The Kier molecular flexibility index (Phi) is 5.35. The van der Waals surface area contributed by atoms with Crippen molar-refractivity contribution in [3.05, 3.63) is 53.8 Å². The first kappa shape index (κ1) is 19.6. The third kappa shape index (κ3) is 3.88. The van der Waals surface area contributed by atoms with Crippen LogP contribution >= 0.6 is 0 Å². The average Bonchev–Trinajstić information content (AvgIpc) is 2.72. The second-order valence-corrected chi connectivity index (χ2v) is 8.15. The van der Waals surface area contributed by atoms with Crippen LogP contribution in [0.2, 0.25) is 0 Å². The van der Waals surface area contributed by atoms with Gasteiger partial charge in [0.15, 0.2) is 0 Å². The second-order valence-electron chi connectivity index (χ2n) is 8.15. The summed E-state index contributed by atoms with van der Waals surface area (Å²) in [4.78, 5) is 17.7. The van der Waals surface area contributed by atoms with Gasteiger partial charge in [-0.25, -0.2) is 4.39 Å². The summed E-state index contributed by atoms with van der Waals surface area (Å²) in [5.74, 6) is 0.549. The minimum Gasteiger partial charge on any atom is -0.497 e. The van der Waals surface area contributed by atoms with Crippen LogP contribution in [-0.4, -0.2) is 44.7 Å². The van der Waals surface area contributed by atoms with Crippen molar-refractivity contribution in [2.24, 2.45) is 5.92 Å². The SMILES string of the molecule is COc1ccc2c(c1)N1CCN(c3ccc(F)cc3)C[C@@H]1[C@H](C(=O)NC(C)C)C2. The fourth-order valence-corrected chi connectivity index (χ4v) is 4.48. The van der Waals surface area contributed by atoms with Crippen molar-refractivity contribution in [1.29, 1.82) is 0 Å². The van der Waals surface area contributed by atoms with E-state index >= 15 is 0 Å². The van der Waals surface area contributed by atoms with Crippen LogP contribution in [0.1, 0.15) is 19.4 Å². The molecular weight excluding hydrogens is 369 g/mol. The van der Waals surface area contributed by atoms with E-state index in [4.69, 9.17) is 4.74 Å². The average molecular weight is 397 g/mol. The van der Waals surface area contributed by atoms with Crippen molar-refractivity contribution in [3.8, 4) is 5.75 Å². The molecule has 2 heterocycles. The highest BCUT2D eigenvalue weighted by molar-refractivity contribution is 5.82. The number of anilines is 2. The van der Waals surface area contributed by atoms with Crippen molar-refractivity contribution in [1.82, 2.24) is 5.32 Å². The fourth-order valence-electron chi connectivity index (χ4n) is 4.48. The molecule has 0 aromatic heterocycles. The first-order chi connectivity index (χ1) is 14.0. The lowest BCUT2D eigenvalue weighted by atomic mass is 9.83. The minimum absolute atomic E-state index is 0.0483. The molecule has 0 spiro atoms. The predicted octanol–water partition coefficient (Wildman–Crippen LogP) is 3.23. The van der Waals surface area contributed by atoms with Gasteiger partial charge in [0.1, 0.15) is 11.6 Å². The van der Waals surface area contributed by atoms with Crippen LogP contribution in [0.5, 0.6) is 5.75 Å². The highest BCUT2D eigenvalue weighted by atomic mass is 19.1. The van der Waals surface area contributed by atoms with E-state index in [1.165, 1.54) is 17.7 Å². The van der Waals surface area contributed by atoms with Gasteiger partial charge in [0, 0.05) is 43.1 Å². The number of fused-ring (bicyclic) bond motifs is 3. The number of nitrogens with one attached hydrogen (secondary N) is 1. The number of methoxy groups -OCH3 is 1. The van der Waals surface area contributed by atoms with Crippen LogP contribution in [0, 0.1) is 11.7 Å². The third-order valence-electron chi connectivity index (χ3n) is 5.88. The van der Waals surface area contributed by atoms with Gasteiger partial charge in [-0.15, -0.1) is 0 Å². The van der Waals surface area contributed by atoms with E-state index in [1.807, 2.05) is 32.0 Å². The Morgan fingerprint density at radius 2 is 1.93 bits per heavy atom. The van der Waals surface area contributed by atoms with Gasteiger partial charge < -0.3 is 19.9 Å². The summed E-state index contributed by atoms with van der Waals surface area (Å²) in [6, 6.07) is 12.9. The molecule has 1 N–H and O–H groups in total. The van der Waals surface area contributed by atoms with Gasteiger partial charge in [0.25, 0.3) is 0 Å². The summed E-state index contributed by atoms with van der Waals surface area (Å²) in [6.45, 7) is 6.31. The standard InChI is InChI=1S/C23H28FN3O2/c1-15(2)25-23(28)20-12-16-4-9-19(29-3)13-21(16)27-11-10-26(14-22(20)27)18-7-5-17(24)6-8-18/h4-9,13,15,20,22H,10-12,14H2,1-3H3,(H,25,28)/t20-,22-/m1/s1. The zero-order valence-electron chi connectivity index (χ0n) is 17.2. The van der Waals surface area contributed by atoms with Gasteiger partial charge in [-0.1, -0.05) is 6.07 Å². The number of hydrogen-bond donors (Lipinski definition) is 1. The van der Waals surface area contributed by atoms with Crippen LogP contribution < -0.4 is 19.9 Å². The van der Waals surface area contributed by atoms with E-state index < -0.39 is 0 Å². The number of benzene rings is 2. The molecule has 1 saturated heterocycles. The molecule has 1 amide bonds. The number of hydrogen-bond acceptors (Lipinski definition) is 4. The molecule has 0 bridgehead atoms. The van der Waals surface area contributed by atoms with Gasteiger partial charge in [-0.3, -0.25) is 4.79 Å². The van der Waals surface area contributed by atoms with Crippen LogP contribution in [-0.2, 0) is 11.2 Å². The van der Waals surface area contributed by atoms with Gasteiger partial charge >= 0.3 is 0 Å². The van der Waals surface area contributed by atoms with Gasteiger partial charge in [0.2, 0.25) is 5.91 Å². The molecule has 4 rings (SSSR count). The second kappa shape index (κ2) is 7.93. The Morgan fingerprint density at radius 1 is 1.17 bits per heavy atom. The van der Waals surface area contributed by atoms with E-state index in [-0.39, 0.29) is 29.7 Å². The molecule has 0 radical (unpaired) electrons. The van der Waals surface area contributed by atoms with Crippen molar-refractivity contribution < 1.29 is 13.9 Å². The van der Waals surface area contributed by atoms with Gasteiger partial charge in [-0.05, 0) is 56.2 Å². The molecule has 2 atom stereocenters. The van der Waals surface area contributed by atoms with Crippen LogP contribution in [0.25, 0.3) is 0 Å². The lowest BCUT2D eigenvalue weighted by Gasteiger charge is -2.49. The summed E-state index contributed by atoms with van der Waals surface area (Å²) >= 11 is 0. The number of rotatable bonds is 4. The minimum atomic E-state index is -0.236. The molecule has 1 fully saturated rings. The largest absolute Gasteiger partial charge is 0.497 e. The molecule has 2 aromatic rings. The maximum Gasteiger partial charge on any atom is 0.225 e. The number of ether oxygens (including phenoxy) is 1. The van der Waals surface area contributed by atoms with E-state index in [9.17, 15) is 9.18 Å². The van der Waals surface area contributed by atoms with Crippen molar-refractivity contribution >= 4 is 17.3 Å². The monoisotopic (exact) mass is 397 g/mol. The predicted molar refractivity (Wildman–Crippen MR) is 113 cm³/mol. The molecule has 5 nitrogen and oxygen atoms in total. The number of halogens is 1. The number of piperazine rings is 1. The highest BCUT2D eigenvalue weighted by Gasteiger charge is 2.41. The summed E-state index contributed by atoms with van der Waals surface area (Å²) in [5, 5.41) is 3.10. The maximum absolute atomic E-state index is 13.4. The zero-order chi connectivity index (χ0) is 20.5.